The van der Waals surface area contributed by atoms with Crippen LogP contribution < -0.4 is 10.2 Å². The smallest absolute Gasteiger partial charge is 0.219 e. The number of aromatic nitrogens is 4. The Morgan fingerprint density at radius 3 is 1.56 bits per heavy atom. The molecule has 0 atom stereocenters. The zero-order chi connectivity index (χ0) is 24.2. The van der Waals surface area contributed by atoms with Gasteiger partial charge in [-0.3, -0.25) is 19.6 Å². The predicted octanol–water partition coefficient (Wildman–Crippen LogP) is 2.66. The van der Waals surface area contributed by atoms with Gasteiger partial charge in [0, 0.05) is 66.2 Å². The lowest BCUT2D eigenvalue weighted by molar-refractivity contribution is -0.130. The van der Waals surface area contributed by atoms with E-state index in [0.717, 1.165) is 58.2 Å². The summed E-state index contributed by atoms with van der Waals surface area (Å²) >= 11 is 16.6. The molecule has 2 aromatic heterocycles. The maximum atomic E-state index is 11.2. The molecule has 4 heterocycles. The molecule has 2 saturated heterocycles. The standard InChI is InChI=1S/C10H13ClN4O.C6H12N2O.C4H2Cl2N2.CH4/c1-8(16)14-2-4-15(5-3-14)10-7-12-6-9(11)13-10;1-6(9)8-4-2-7-3-5-8;5-3-1-7-2-4(6)8-3;/h6-7H,2-5H2,1H3;7H,2-5H2,1H3;1-2H;1H4. The van der Waals surface area contributed by atoms with Gasteiger partial charge in [-0.05, 0) is 0 Å². The Balaban J connectivity index is 0.000000274. The minimum absolute atomic E-state index is 0. The molecule has 2 aliphatic heterocycles. The van der Waals surface area contributed by atoms with E-state index in [0.29, 0.717) is 15.5 Å². The van der Waals surface area contributed by atoms with Crippen LogP contribution in [0.1, 0.15) is 21.3 Å². The first-order valence-corrected chi connectivity index (χ1v) is 11.5. The zero-order valence-corrected chi connectivity index (χ0v) is 20.8. The average molecular weight is 534 g/mol. The second-order valence-electron chi connectivity index (χ2n) is 7.11. The topological polar surface area (TPSA) is 107 Å². The van der Waals surface area contributed by atoms with E-state index in [-0.39, 0.29) is 19.2 Å². The van der Waals surface area contributed by atoms with Crippen molar-refractivity contribution in [2.45, 2.75) is 21.3 Å². The number of nitrogens with one attached hydrogen (secondary N) is 1. The van der Waals surface area contributed by atoms with E-state index in [4.69, 9.17) is 34.8 Å². The average Bonchev–Trinajstić information content (AvgIpc) is 2.80. The number of anilines is 1. The van der Waals surface area contributed by atoms with E-state index in [2.05, 4.69) is 30.2 Å². The molecule has 13 heteroatoms. The van der Waals surface area contributed by atoms with Gasteiger partial charge in [-0.25, -0.2) is 9.97 Å². The maximum Gasteiger partial charge on any atom is 0.219 e. The number of nitrogens with zero attached hydrogens (tertiary/aromatic N) is 7. The highest BCUT2D eigenvalue weighted by Gasteiger charge is 2.19. The van der Waals surface area contributed by atoms with Gasteiger partial charge in [0.05, 0.1) is 24.8 Å². The van der Waals surface area contributed by atoms with Crippen LogP contribution in [0.25, 0.3) is 0 Å². The Bertz CT molecular complexity index is 890. The van der Waals surface area contributed by atoms with Crippen molar-refractivity contribution < 1.29 is 9.59 Å². The minimum atomic E-state index is 0. The lowest BCUT2D eigenvalue weighted by Crippen LogP contribution is -2.48. The first kappa shape index (κ1) is 29.8. The van der Waals surface area contributed by atoms with Crippen LogP contribution in [0, 0.1) is 0 Å². The number of hydrogen-bond acceptors (Lipinski definition) is 8. The molecular formula is C21H31Cl3N8O2. The van der Waals surface area contributed by atoms with Gasteiger partial charge in [0.2, 0.25) is 11.8 Å². The molecule has 0 aliphatic carbocycles. The summed E-state index contributed by atoms with van der Waals surface area (Å²) in [5.74, 6) is 1.09. The molecule has 34 heavy (non-hydrogen) atoms. The summed E-state index contributed by atoms with van der Waals surface area (Å²) in [6.07, 6.45) is 6.05. The third-order valence-corrected chi connectivity index (χ3v) is 5.33. The molecule has 10 nitrogen and oxygen atoms in total. The fourth-order valence-corrected chi connectivity index (χ4v) is 3.52. The van der Waals surface area contributed by atoms with Crippen molar-refractivity contribution in [3.05, 3.63) is 40.2 Å². The number of piperazine rings is 2. The first-order valence-electron chi connectivity index (χ1n) is 10.3. The van der Waals surface area contributed by atoms with Gasteiger partial charge >= 0.3 is 0 Å². The highest BCUT2D eigenvalue weighted by atomic mass is 35.5. The Morgan fingerprint density at radius 1 is 0.735 bits per heavy atom. The largest absolute Gasteiger partial charge is 0.352 e. The normalized spacial score (nSPS) is 15.1. The second kappa shape index (κ2) is 15.6. The van der Waals surface area contributed by atoms with Gasteiger partial charge in [0.15, 0.2) is 0 Å². The monoisotopic (exact) mass is 532 g/mol. The van der Waals surface area contributed by atoms with Crippen LogP contribution in [0.4, 0.5) is 5.82 Å². The van der Waals surface area contributed by atoms with Crippen LogP contribution in [-0.4, -0.2) is 93.9 Å². The Hall–Kier alpha value is -2.27. The number of rotatable bonds is 1. The molecule has 0 bridgehead atoms. The molecule has 2 aliphatic rings. The predicted molar refractivity (Wildman–Crippen MR) is 135 cm³/mol. The van der Waals surface area contributed by atoms with Crippen molar-refractivity contribution in [1.29, 1.82) is 0 Å². The summed E-state index contributed by atoms with van der Waals surface area (Å²) in [6.45, 7) is 9.83. The van der Waals surface area contributed by atoms with E-state index in [1.807, 2.05) is 9.80 Å². The second-order valence-corrected chi connectivity index (χ2v) is 8.28. The van der Waals surface area contributed by atoms with Crippen molar-refractivity contribution >= 4 is 52.4 Å². The molecule has 0 aromatic carbocycles. The van der Waals surface area contributed by atoms with Gasteiger partial charge < -0.3 is 20.0 Å². The molecule has 2 fully saturated rings. The van der Waals surface area contributed by atoms with E-state index in [9.17, 15) is 9.59 Å². The fourth-order valence-electron chi connectivity index (χ4n) is 3.04. The maximum absolute atomic E-state index is 11.2. The molecule has 2 amide bonds. The van der Waals surface area contributed by atoms with E-state index in [1.54, 1.807) is 20.0 Å². The van der Waals surface area contributed by atoms with E-state index < -0.39 is 0 Å². The van der Waals surface area contributed by atoms with Gasteiger partial charge in [-0.15, -0.1) is 0 Å². The van der Waals surface area contributed by atoms with Crippen molar-refractivity contribution in [3.63, 3.8) is 0 Å². The summed E-state index contributed by atoms with van der Waals surface area (Å²) in [7, 11) is 0. The van der Waals surface area contributed by atoms with Crippen LogP contribution >= 0.6 is 34.8 Å². The fraction of sp³-hybridized carbons (Fsp3) is 0.524. The molecule has 0 spiro atoms. The molecule has 0 radical (unpaired) electrons. The van der Waals surface area contributed by atoms with Crippen molar-refractivity contribution in [2.24, 2.45) is 0 Å². The molecule has 1 N–H and O–H groups in total. The van der Waals surface area contributed by atoms with Crippen LogP contribution in [0.2, 0.25) is 15.5 Å². The Labute approximate surface area is 215 Å². The SMILES string of the molecule is C.CC(=O)N1CCN(c2cncc(Cl)n2)CC1.CC(=O)N1CCNCC1.Clc1cncc(Cl)n1. The summed E-state index contributed by atoms with van der Waals surface area (Å²) in [6, 6.07) is 0. The van der Waals surface area contributed by atoms with Gasteiger partial charge in [-0.1, -0.05) is 42.2 Å². The molecule has 0 unspecified atom stereocenters. The van der Waals surface area contributed by atoms with Crippen molar-refractivity contribution in [3.8, 4) is 0 Å². The first-order chi connectivity index (χ1) is 15.8. The van der Waals surface area contributed by atoms with E-state index >= 15 is 0 Å². The Kier molecular flexibility index (Phi) is 13.7. The summed E-state index contributed by atoms with van der Waals surface area (Å²) in [4.78, 5) is 43.1. The number of carbonyl (C=O) groups excluding carboxylic acids is 2. The minimum Gasteiger partial charge on any atom is -0.352 e. The van der Waals surface area contributed by atoms with Gasteiger partial charge in [0.25, 0.3) is 0 Å². The number of halogens is 3. The van der Waals surface area contributed by atoms with Crippen LogP contribution in [0.5, 0.6) is 0 Å². The van der Waals surface area contributed by atoms with Crippen LogP contribution in [-0.2, 0) is 9.59 Å². The van der Waals surface area contributed by atoms with E-state index in [1.165, 1.54) is 18.6 Å². The highest BCUT2D eigenvalue weighted by molar-refractivity contribution is 6.32. The molecular weight excluding hydrogens is 503 g/mol. The lowest BCUT2D eigenvalue weighted by atomic mass is 10.3. The third-order valence-electron chi connectivity index (χ3n) is 4.78. The van der Waals surface area contributed by atoms with Gasteiger partial charge in [-0.2, -0.15) is 0 Å². The highest BCUT2D eigenvalue weighted by Crippen LogP contribution is 2.14. The molecule has 0 saturated carbocycles. The van der Waals surface area contributed by atoms with Crippen LogP contribution in [0.3, 0.4) is 0 Å². The molecule has 188 valence electrons. The molecule has 4 rings (SSSR count). The number of hydrogen-bond donors (Lipinski definition) is 1. The number of carbonyl (C=O) groups is 2. The molecule has 2 aromatic rings. The summed E-state index contributed by atoms with van der Waals surface area (Å²) < 4.78 is 0. The Morgan fingerprint density at radius 2 is 1.18 bits per heavy atom. The summed E-state index contributed by atoms with van der Waals surface area (Å²) in [5, 5.41) is 4.20. The lowest BCUT2D eigenvalue weighted by Gasteiger charge is -2.34. The number of amides is 2. The zero-order valence-electron chi connectivity index (χ0n) is 18.5. The van der Waals surface area contributed by atoms with Crippen LogP contribution in [0.15, 0.2) is 24.8 Å². The quantitative estimate of drug-likeness (QED) is 0.596. The third kappa shape index (κ3) is 10.8. The summed E-state index contributed by atoms with van der Waals surface area (Å²) in [5.41, 5.74) is 0. The van der Waals surface area contributed by atoms with Gasteiger partial charge in [0.1, 0.15) is 21.3 Å². The van der Waals surface area contributed by atoms with Crippen molar-refractivity contribution in [1.82, 2.24) is 35.1 Å². The van der Waals surface area contributed by atoms with Crippen molar-refractivity contribution in [2.75, 3.05) is 57.3 Å².